The minimum absolute atomic E-state index is 0.0686. The predicted molar refractivity (Wildman–Crippen MR) is 154 cm³/mol. The van der Waals surface area contributed by atoms with Crippen molar-refractivity contribution >= 4 is 31.5 Å². The predicted octanol–water partition coefficient (Wildman–Crippen LogP) is 8.54. The van der Waals surface area contributed by atoms with Gasteiger partial charge in [-0.3, -0.25) is 19.0 Å². The molecule has 1 heterocycles. The van der Waals surface area contributed by atoms with Crippen LogP contribution in [0.3, 0.4) is 0 Å². The first-order chi connectivity index (χ1) is 13.6. The number of nitrogens with zero attached hydrogens (tertiary/aromatic N) is 4. The third kappa shape index (κ3) is 7.37. The normalized spacial score (nSPS) is 27.3. The Morgan fingerprint density at radius 2 is 0.719 bits per heavy atom. The summed E-state index contributed by atoms with van der Waals surface area (Å²) in [6.07, 6.45) is 0. The van der Waals surface area contributed by atoms with Gasteiger partial charge in [-0.1, -0.05) is 0 Å². The summed E-state index contributed by atoms with van der Waals surface area (Å²) in [5.41, 5.74) is -0.319. The zero-order valence-electron chi connectivity index (χ0n) is 24.7. The van der Waals surface area contributed by atoms with E-state index in [1.165, 1.54) is 0 Å². The van der Waals surface area contributed by atoms with Crippen molar-refractivity contribution in [2.45, 2.75) is 145 Å². The molecule has 0 saturated carbocycles. The smallest absolute Gasteiger partial charge is 0.175 e. The number of rotatable bonds is 4. The van der Waals surface area contributed by atoms with Crippen LogP contribution in [-0.2, 0) is 0 Å². The third-order valence-corrected chi connectivity index (χ3v) is 20.6. The van der Waals surface area contributed by atoms with Gasteiger partial charge in [-0.15, -0.1) is 0 Å². The quantitative estimate of drug-likeness (QED) is 0.287. The minimum Gasteiger partial charge on any atom is -0.299 e. The highest BCUT2D eigenvalue weighted by Crippen LogP contribution is 2.90. The van der Waals surface area contributed by atoms with Gasteiger partial charge in [-0.2, -0.15) is 8.88 Å². The third-order valence-electron chi connectivity index (χ3n) is 4.11. The van der Waals surface area contributed by atoms with Gasteiger partial charge in [0, 0.05) is 22.2 Å². The lowest BCUT2D eigenvalue weighted by Gasteiger charge is -2.72. The van der Waals surface area contributed by atoms with Gasteiger partial charge < -0.3 is 0 Å². The summed E-state index contributed by atoms with van der Waals surface area (Å²) in [6, 6.07) is 0. The molecule has 0 aromatic rings. The molecule has 1 saturated heterocycles. The fourth-order valence-electron chi connectivity index (χ4n) is 4.30. The highest BCUT2D eigenvalue weighted by atomic mass is 31.3. The fourth-order valence-corrected chi connectivity index (χ4v) is 23.8. The van der Waals surface area contributed by atoms with Crippen molar-refractivity contribution in [3.63, 3.8) is 0 Å². The summed E-state index contributed by atoms with van der Waals surface area (Å²) in [5.74, 6) is 0. The molecule has 32 heavy (non-hydrogen) atoms. The second kappa shape index (κ2) is 8.69. The van der Waals surface area contributed by atoms with Crippen LogP contribution < -0.4 is 10.2 Å². The lowest BCUT2D eigenvalue weighted by atomic mass is 10.1. The van der Waals surface area contributed by atoms with Gasteiger partial charge in [-0.25, -0.2) is 0 Å². The number of nitrogens with one attached hydrogen (secondary N) is 2. The van der Waals surface area contributed by atoms with Gasteiger partial charge in [0.2, 0.25) is 0 Å². The molecule has 0 radical (unpaired) electrons. The SMILES string of the molecule is CC(C)(C)NP1(=N[Si](C)(C)C)N(C(C)(C)C)P(=N[Si](C)(C)C)(NC(C)(C)C)N1C(C)(C)C. The standard InChI is InChI=1S/C22H56N6P2Si2/c1-19(2,3)23-29(25-31(13,14)15)27(21(7,8)9)30(24-20(4,5)6,26-32(16,17)18)28(29)22(10,11)12/h23-24H,1-18H3. The molecule has 0 atom stereocenters. The largest absolute Gasteiger partial charge is 0.299 e. The lowest BCUT2D eigenvalue weighted by Crippen LogP contribution is -2.66. The monoisotopic (exact) mass is 522 g/mol. The molecule has 10 heteroatoms. The topological polar surface area (TPSA) is 55.3 Å². The van der Waals surface area contributed by atoms with Crippen molar-refractivity contribution in [1.29, 1.82) is 0 Å². The fraction of sp³-hybridized carbons (Fsp3) is 1.00. The molecule has 2 N–H and O–H groups in total. The van der Waals surface area contributed by atoms with Crippen LogP contribution in [-0.4, -0.2) is 47.5 Å². The van der Waals surface area contributed by atoms with E-state index >= 15 is 0 Å². The Labute approximate surface area is 203 Å². The van der Waals surface area contributed by atoms with Gasteiger partial charge in [0.15, 0.2) is 31.5 Å². The Morgan fingerprint density at radius 1 is 0.500 bits per heavy atom. The Balaban J connectivity index is 4.34. The zero-order chi connectivity index (χ0) is 26.0. The zero-order valence-corrected chi connectivity index (χ0v) is 28.5. The molecule has 1 aliphatic heterocycles. The van der Waals surface area contributed by atoms with Crippen LogP contribution in [0.2, 0.25) is 39.3 Å². The van der Waals surface area contributed by atoms with Crippen molar-refractivity contribution in [2.75, 3.05) is 0 Å². The Hall–Kier alpha value is 0.734. The summed E-state index contributed by atoms with van der Waals surface area (Å²) < 4.78 is 17.1. The molecule has 0 aliphatic carbocycles. The average Bonchev–Trinajstić information content (AvgIpc) is 2.22. The first-order valence-electron chi connectivity index (χ1n) is 12.0. The van der Waals surface area contributed by atoms with Crippen molar-refractivity contribution < 1.29 is 0 Å². The van der Waals surface area contributed by atoms with E-state index in [1.54, 1.807) is 0 Å². The molecule has 0 bridgehead atoms. The summed E-state index contributed by atoms with van der Waals surface area (Å²) in [6.45, 7) is 42.0. The van der Waals surface area contributed by atoms with Gasteiger partial charge in [-0.05, 0) is 122 Å². The van der Waals surface area contributed by atoms with Crippen LogP contribution in [0.1, 0.15) is 83.1 Å². The molecule has 0 aromatic carbocycles. The highest BCUT2D eigenvalue weighted by Gasteiger charge is 2.68. The van der Waals surface area contributed by atoms with E-state index in [-0.39, 0.29) is 22.2 Å². The van der Waals surface area contributed by atoms with Gasteiger partial charge in [0.05, 0.1) is 0 Å². The summed E-state index contributed by atoms with van der Waals surface area (Å²) in [4.78, 5) is 0. The van der Waals surface area contributed by atoms with E-state index in [0.29, 0.717) is 0 Å². The Kier molecular flexibility index (Phi) is 8.35. The number of hydrogen-bond donors (Lipinski definition) is 2. The van der Waals surface area contributed by atoms with E-state index in [1.807, 2.05) is 0 Å². The van der Waals surface area contributed by atoms with E-state index < -0.39 is 31.5 Å². The molecule has 0 amide bonds. The molecule has 0 aromatic heterocycles. The van der Waals surface area contributed by atoms with E-state index in [4.69, 9.17) is 8.82 Å². The highest BCUT2D eigenvalue weighted by molar-refractivity contribution is 7.89. The molecule has 0 unspecified atom stereocenters. The molecule has 1 aliphatic rings. The molecule has 1 rings (SSSR count). The summed E-state index contributed by atoms with van der Waals surface area (Å²) in [7, 11) is -8.09. The van der Waals surface area contributed by atoms with Crippen LogP contribution in [0.25, 0.3) is 0 Å². The van der Waals surface area contributed by atoms with Crippen molar-refractivity contribution in [3.05, 3.63) is 0 Å². The van der Waals surface area contributed by atoms with Crippen LogP contribution >= 0.6 is 15.0 Å². The molecular formula is C22H56N6P2Si2. The molecule has 6 nitrogen and oxygen atoms in total. The van der Waals surface area contributed by atoms with Crippen LogP contribution in [0.4, 0.5) is 0 Å². The Morgan fingerprint density at radius 3 is 0.844 bits per heavy atom. The van der Waals surface area contributed by atoms with Crippen molar-refractivity contribution in [3.8, 4) is 0 Å². The second-order valence-corrected chi connectivity index (χ2v) is 30.6. The second-order valence-electron chi connectivity index (χ2n) is 15.3. The first kappa shape index (κ1) is 30.8. The van der Waals surface area contributed by atoms with Crippen LogP contribution in [0, 0.1) is 0 Å². The first-order valence-corrected chi connectivity index (χ1v) is 22.2. The number of hydrogen-bond acceptors (Lipinski definition) is 2. The maximum absolute atomic E-state index is 5.82. The van der Waals surface area contributed by atoms with Gasteiger partial charge >= 0.3 is 0 Å². The maximum Gasteiger partial charge on any atom is 0.175 e. The maximum atomic E-state index is 5.82. The van der Waals surface area contributed by atoms with E-state index in [0.717, 1.165) is 0 Å². The molecule has 192 valence electrons. The van der Waals surface area contributed by atoms with E-state index in [2.05, 4.69) is 141 Å². The van der Waals surface area contributed by atoms with Crippen molar-refractivity contribution in [2.24, 2.45) is 8.82 Å². The molecular weight excluding hydrogens is 466 g/mol. The van der Waals surface area contributed by atoms with Crippen LogP contribution in [0.15, 0.2) is 8.82 Å². The van der Waals surface area contributed by atoms with Crippen LogP contribution in [0.5, 0.6) is 0 Å². The minimum atomic E-state index is -2.25. The Bertz CT molecular complexity index is 713. The van der Waals surface area contributed by atoms with Crippen molar-refractivity contribution in [1.82, 2.24) is 19.1 Å². The molecule has 0 spiro atoms. The van der Waals surface area contributed by atoms with Gasteiger partial charge in [0.1, 0.15) is 0 Å². The lowest BCUT2D eigenvalue weighted by molar-refractivity contribution is 0.248. The molecule has 1 fully saturated rings. The summed E-state index contributed by atoms with van der Waals surface area (Å²) in [5, 5.41) is 8.28. The van der Waals surface area contributed by atoms with Gasteiger partial charge in [0.25, 0.3) is 0 Å². The van der Waals surface area contributed by atoms with E-state index in [9.17, 15) is 0 Å². The summed E-state index contributed by atoms with van der Waals surface area (Å²) >= 11 is 0. The average molecular weight is 523 g/mol.